The predicted octanol–water partition coefficient (Wildman–Crippen LogP) is 3.00. The normalized spacial score (nSPS) is 18.1. The molecule has 1 atom stereocenters. The van der Waals surface area contributed by atoms with Gasteiger partial charge in [-0.05, 0) is 60.0 Å². The number of halogens is 1. The molecule has 8 nitrogen and oxygen atoms in total. The van der Waals surface area contributed by atoms with Crippen molar-refractivity contribution in [2.45, 2.75) is 31.8 Å². The summed E-state index contributed by atoms with van der Waals surface area (Å²) >= 11 is 0. The van der Waals surface area contributed by atoms with E-state index in [0.29, 0.717) is 31.1 Å². The van der Waals surface area contributed by atoms with Crippen LogP contribution in [0.4, 0.5) is 4.39 Å². The lowest BCUT2D eigenvalue weighted by Crippen LogP contribution is -2.34. The molecule has 9 heteroatoms. The summed E-state index contributed by atoms with van der Waals surface area (Å²) in [4.78, 5) is 16.2. The van der Waals surface area contributed by atoms with Gasteiger partial charge in [0, 0.05) is 18.5 Å². The molecule has 5 rings (SSSR count). The molecular weight excluding hydrogens is 401 g/mol. The third-order valence-electron chi connectivity index (χ3n) is 5.56. The van der Waals surface area contributed by atoms with Crippen molar-refractivity contribution in [2.24, 2.45) is 0 Å². The van der Waals surface area contributed by atoms with Crippen molar-refractivity contribution in [3.8, 4) is 22.9 Å². The van der Waals surface area contributed by atoms with E-state index in [9.17, 15) is 9.18 Å². The van der Waals surface area contributed by atoms with Crippen LogP contribution >= 0.6 is 0 Å². The van der Waals surface area contributed by atoms with E-state index in [-0.39, 0.29) is 24.3 Å². The molecule has 0 spiro atoms. The largest absolute Gasteiger partial charge is 0.490 e. The Bertz CT molecular complexity index is 1090. The molecule has 0 aliphatic carbocycles. The smallest absolute Gasteiger partial charge is 0.246 e. The molecule has 2 aliphatic heterocycles. The first-order chi connectivity index (χ1) is 15.2. The van der Waals surface area contributed by atoms with Crippen molar-refractivity contribution in [3.63, 3.8) is 0 Å². The van der Waals surface area contributed by atoms with E-state index in [1.807, 2.05) is 23.1 Å². The van der Waals surface area contributed by atoms with E-state index >= 15 is 0 Å². The second kappa shape index (κ2) is 8.33. The molecule has 1 fully saturated rings. The highest BCUT2D eigenvalue weighted by Gasteiger charge is 2.31. The van der Waals surface area contributed by atoms with Gasteiger partial charge in [0.25, 0.3) is 0 Å². The highest BCUT2D eigenvalue weighted by Crippen LogP contribution is 2.38. The van der Waals surface area contributed by atoms with Crippen LogP contribution in [0.25, 0.3) is 11.4 Å². The van der Waals surface area contributed by atoms with Crippen LogP contribution in [0.2, 0.25) is 0 Å². The number of aromatic nitrogens is 4. The number of nitrogens with zero attached hydrogens (tertiary/aromatic N) is 5. The predicted molar refractivity (Wildman–Crippen MR) is 109 cm³/mol. The lowest BCUT2D eigenvalue weighted by Gasteiger charge is -2.25. The number of fused-ring (bicyclic) bond motifs is 1. The number of tetrazole rings is 1. The van der Waals surface area contributed by atoms with Crippen LogP contribution in [0.15, 0.2) is 42.5 Å². The van der Waals surface area contributed by atoms with Gasteiger partial charge in [0.1, 0.15) is 12.4 Å². The van der Waals surface area contributed by atoms with Gasteiger partial charge in [-0.15, -0.1) is 10.2 Å². The maximum atomic E-state index is 13.1. The van der Waals surface area contributed by atoms with Crippen molar-refractivity contribution < 1.29 is 18.7 Å². The number of benzene rings is 2. The van der Waals surface area contributed by atoms with E-state index in [4.69, 9.17) is 9.47 Å². The molecule has 0 radical (unpaired) electrons. The van der Waals surface area contributed by atoms with Crippen LogP contribution in [0.1, 0.15) is 30.9 Å². The van der Waals surface area contributed by atoms with Crippen LogP contribution in [-0.2, 0) is 11.3 Å². The van der Waals surface area contributed by atoms with Crippen LogP contribution in [0, 0.1) is 5.82 Å². The average Bonchev–Trinajstić information content (AvgIpc) is 3.39. The maximum Gasteiger partial charge on any atom is 0.246 e. The molecule has 2 aromatic carbocycles. The zero-order chi connectivity index (χ0) is 21.2. The topological polar surface area (TPSA) is 82.4 Å². The van der Waals surface area contributed by atoms with Gasteiger partial charge in [0.15, 0.2) is 11.5 Å². The van der Waals surface area contributed by atoms with Crippen molar-refractivity contribution >= 4 is 5.91 Å². The quantitative estimate of drug-likeness (QED) is 0.642. The Morgan fingerprint density at radius 1 is 1.06 bits per heavy atom. The third-order valence-corrected chi connectivity index (χ3v) is 5.56. The molecule has 160 valence electrons. The van der Waals surface area contributed by atoms with Gasteiger partial charge in [-0.25, -0.2) is 4.39 Å². The van der Waals surface area contributed by atoms with Crippen molar-refractivity contribution in [3.05, 3.63) is 53.8 Å². The highest BCUT2D eigenvalue weighted by molar-refractivity contribution is 5.76. The van der Waals surface area contributed by atoms with E-state index in [2.05, 4.69) is 15.4 Å². The standard InChI is InChI=1S/C22H22FN5O3/c23-17-7-4-15(5-8-17)22-24-26-28(25-22)14-21(29)27-10-1-3-18(27)16-6-9-19-20(13-16)31-12-2-11-30-19/h4-9,13,18H,1-3,10-12,14H2/t18-/m1/s1. The zero-order valence-corrected chi connectivity index (χ0v) is 16.9. The number of carbonyl (C=O) groups excluding carboxylic acids is 1. The number of ether oxygens (including phenoxy) is 2. The Balaban J connectivity index is 1.30. The SMILES string of the molecule is O=C(Cn1nnc(-c2ccc(F)cc2)n1)N1CCC[C@@H]1c1ccc2c(c1)OCCCO2. The van der Waals surface area contributed by atoms with Gasteiger partial charge >= 0.3 is 0 Å². The molecule has 0 bridgehead atoms. The highest BCUT2D eigenvalue weighted by atomic mass is 19.1. The van der Waals surface area contributed by atoms with Crippen molar-refractivity contribution in [1.82, 2.24) is 25.1 Å². The Morgan fingerprint density at radius 3 is 2.71 bits per heavy atom. The summed E-state index contributed by atoms with van der Waals surface area (Å²) in [6.07, 6.45) is 2.66. The van der Waals surface area contributed by atoms with Crippen LogP contribution in [0.5, 0.6) is 11.5 Å². The Kier molecular flexibility index (Phi) is 5.23. The average molecular weight is 423 g/mol. The van der Waals surface area contributed by atoms with E-state index < -0.39 is 0 Å². The first kappa shape index (κ1) is 19.5. The van der Waals surface area contributed by atoms with Gasteiger partial charge in [0.2, 0.25) is 11.7 Å². The van der Waals surface area contributed by atoms with E-state index in [1.165, 1.54) is 16.9 Å². The zero-order valence-electron chi connectivity index (χ0n) is 16.9. The summed E-state index contributed by atoms with van der Waals surface area (Å²) in [6, 6.07) is 11.7. The van der Waals surface area contributed by atoms with Gasteiger partial charge in [-0.3, -0.25) is 4.79 Å². The van der Waals surface area contributed by atoms with Gasteiger partial charge in [-0.2, -0.15) is 4.80 Å². The summed E-state index contributed by atoms with van der Waals surface area (Å²) in [5, 5.41) is 12.3. The molecule has 3 aromatic rings. The van der Waals surface area contributed by atoms with Crippen molar-refractivity contribution in [1.29, 1.82) is 0 Å². The number of carbonyl (C=O) groups is 1. The molecule has 31 heavy (non-hydrogen) atoms. The fourth-order valence-corrected chi connectivity index (χ4v) is 4.04. The Morgan fingerprint density at radius 2 is 1.87 bits per heavy atom. The monoisotopic (exact) mass is 423 g/mol. The van der Waals surface area contributed by atoms with Gasteiger partial charge in [-0.1, -0.05) is 6.07 Å². The molecule has 1 aromatic heterocycles. The van der Waals surface area contributed by atoms with Crippen LogP contribution in [-0.4, -0.2) is 50.8 Å². The van der Waals surface area contributed by atoms with Gasteiger partial charge in [0.05, 0.1) is 19.3 Å². The minimum atomic E-state index is -0.332. The van der Waals surface area contributed by atoms with E-state index in [1.54, 1.807) is 12.1 Å². The number of rotatable bonds is 4. The molecule has 2 aliphatic rings. The lowest BCUT2D eigenvalue weighted by molar-refractivity contribution is -0.133. The van der Waals surface area contributed by atoms with Crippen LogP contribution < -0.4 is 9.47 Å². The molecule has 1 amide bonds. The molecule has 0 unspecified atom stereocenters. The minimum Gasteiger partial charge on any atom is -0.490 e. The molecule has 3 heterocycles. The lowest BCUT2D eigenvalue weighted by atomic mass is 10.0. The summed E-state index contributed by atoms with van der Waals surface area (Å²) in [5.74, 6) is 1.43. The second-order valence-corrected chi connectivity index (χ2v) is 7.65. The van der Waals surface area contributed by atoms with Gasteiger partial charge < -0.3 is 14.4 Å². The number of hydrogen-bond donors (Lipinski definition) is 0. The van der Waals surface area contributed by atoms with Crippen molar-refractivity contribution in [2.75, 3.05) is 19.8 Å². The fraction of sp³-hybridized carbons (Fsp3) is 0.364. The molecule has 0 N–H and O–H groups in total. The fourth-order valence-electron chi connectivity index (χ4n) is 4.04. The van der Waals surface area contributed by atoms with E-state index in [0.717, 1.165) is 36.3 Å². The molecular formula is C22H22FN5O3. The number of hydrogen-bond acceptors (Lipinski definition) is 6. The molecule has 1 saturated heterocycles. The summed E-state index contributed by atoms with van der Waals surface area (Å²) in [5.41, 5.74) is 1.68. The van der Waals surface area contributed by atoms with Crippen LogP contribution in [0.3, 0.4) is 0 Å². The first-order valence-electron chi connectivity index (χ1n) is 10.4. The number of amides is 1. The minimum absolute atomic E-state index is 0.00472. The Labute approximate surface area is 178 Å². The summed E-state index contributed by atoms with van der Waals surface area (Å²) in [6.45, 7) is 1.94. The Hall–Kier alpha value is -3.49. The first-order valence-corrected chi connectivity index (χ1v) is 10.4. The number of likely N-dealkylation sites (tertiary alicyclic amines) is 1. The summed E-state index contributed by atoms with van der Waals surface area (Å²) in [7, 11) is 0. The second-order valence-electron chi connectivity index (χ2n) is 7.65. The molecule has 0 saturated carbocycles. The maximum absolute atomic E-state index is 13.1. The third kappa shape index (κ3) is 4.08. The summed E-state index contributed by atoms with van der Waals surface area (Å²) < 4.78 is 24.6.